The molecule has 0 aliphatic carbocycles. The minimum atomic E-state index is -1.04. The molecule has 3 aromatic carbocycles. The normalized spacial score (nSPS) is 17.6. The number of amides is 3. The fourth-order valence-electron chi connectivity index (χ4n) is 9.47. The molecule has 5 aromatic rings. The van der Waals surface area contributed by atoms with Crippen LogP contribution in [0, 0.1) is 11.3 Å². The second-order valence-electron chi connectivity index (χ2n) is 19.1. The summed E-state index contributed by atoms with van der Waals surface area (Å²) in [5.74, 6) is -1.13. The Morgan fingerprint density at radius 2 is 1.83 bits per heavy atom. The van der Waals surface area contributed by atoms with Gasteiger partial charge >= 0.3 is 5.97 Å². The van der Waals surface area contributed by atoms with Crippen molar-refractivity contribution in [1.29, 1.82) is 0 Å². The number of esters is 1. The SMILES string of the molecule is CCn1c(-c2cnccc2COC)c2c3cc(ccc31)-c1cccc(c1)C[C@H](NC(=O)C(C(C)C)N(C)C(=O)CCN=C=NCc1ccc(OC)cc1)C(=O)N1CCC[C@H](N1)C(=O)OCC(C)(C)C2. The maximum absolute atomic E-state index is 14.7. The van der Waals surface area contributed by atoms with Crippen LogP contribution in [0.2, 0.25) is 0 Å². The van der Waals surface area contributed by atoms with Gasteiger partial charge in [-0.15, -0.1) is 0 Å². The third-order valence-electron chi connectivity index (χ3n) is 13.0. The molecule has 3 amide bonds. The molecular formula is C54H66N8O7. The maximum atomic E-state index is 14.7. The average molecular weight is 939 g/mol. The van der Waals surface area contributed by atoms with E-state index in [2.05, 4.69) is 87.4 Å². The molecule has 15 nitrogen and oxygen atoms in total. The third kappa shape index (κ3) is 12.0. The summed E-state index contributed by atoms with van der Waals surface area (Å²) in [4.78, 5) is 71.0. The predicted octanol–water partition coefficient (Wildman–Crippen LogP) is 7.44. The van der Waals surface area contributed by atoms with Crippen LogP contribution in [0.15, 0.2) is 95.2 Å². The van der Waals surface area contributed by atoms with Crippen molar-refractivity contribution in [3.05, 3.63) is 107 Å². The van der Waals surface area contributed by atoms with Crippen molar-refractivity contribution in [1.82, 2.24) is 30.2 Å². The first-order valence-electron chi connectivity index (χ1n) is 23.9. The lowest BCUT2D eigenvalue weighted by Crippen LogP contribution is -2.62. The molecule has 7 rings (SSSR count). The highest BCUT2D eigenvalue weighted by molar-refractivity contribution is 5.96. The summed E-state index contributed by atoms with van der Waals surface area (Å²) in [6, 6.07) is 24.0. The number of aliphatic imine (C=N–C) groups is 2. The van der Waals surface area contributed by atoms with E-state index in [9.17, 15) is 19.2 Å². The molecule has 15 heteroatoms. The number of hydrazine groups is 1. The van der Waals surface area contributed by atoms with E-state index in [4.69, 9.17) is 14.2 Å². The fourth-order valence-corrected chi connectivity index (χ4v) is 9.47. The molecule has 2 aromatic heterocycles. The van der Waals surface area contributed by atoms with Gasteiger partial charge in [-0.1, -0.05) is 70.2 Å². The second kappa shape index (κ2) is 22.6. The molecule has 3 atom stereocenters. The van der Waals surface area contributed by atoms with Gasteiger partial charge in [-0.05, 0) is 95.8 Å². The molecule has 0 spiro atoms. The molecule has 2 aliphatic rings. The minimum Gasteiger partial charge on any atom is -0.497 e. The number of aromatic nitrogens is 2. The van der Waals surface area contributed by atoms with Gasteiger partial charge in [0.1, 0.15) is 23.9 Å². The molecule has 6 bridgehead atoms. The van der Waals surface area contributed by atoms with Crippen molar-refractivity contribution in [2.75, 3.05) is 41.0 Å². The number of cyclic esters (lactones) is 1. The topological polar surface area (TPSA) is 169 Å². The first-order valence-corrected chi connectivity index (χ1v) is 23.9. The molecule has 0 radical (unpaired) electrons. The number of nitrogens with one attached hydrogen (secondary N) is 2. The third-order valence-corrected chi connectivity index (χ3v) is 13.0. The predicted molar refractivity (Wildman–Crippen MR) is 266 cm³/mol. The zero-order valence-corrected chi connectivity index (χ0v) is 41.2. The van der Waals surface area contributed by atoms with Crippen molar-refractivity contribution in [3.8, 4) is 28.1 Å². The van der Waals surface area contributed by atoms with Gasteiger partial charge in [0.2, 0.25) is 11.8 Å². The lowest BCUT2D eigenvalue weighted by atomic mass is 9.84. The number of hydrogen-bond acceptors (Lipinski definition) is 11. The molecule has 1 unspecified atom stereocenters. The number of fused-ring (bicyclic) bond motifs is 6. The molecule has 69 heavy (non-hydrogen) atoms. The van der Waals surface area contributed by atoms with E-state index in [1.807, 2.05) is 62.5 Å². The highest BCUT2D eigenvalue weighted by Gasteiger charge is 2.37. The fraction of sp³-hybridized carbons (Fsp3) is 0.444. The van der Waals surface area contributed by atoms with Gasteiger partial charge < -0.3 is 29.0 Å². The van der Waals surface area contributed by atoms with E-state index in [1.54, 1.807) is 27.5 Å². The van der Waals surface area contributed by atoms with Crippen LogP contribution < -0.4 is 15.5 Å². The highest BCUT2D eigenvalue weighted by Crippen LogP contribution is 2.41. The van der Waals surface area contributed by atoms with E-state index in [1.165, 1.54) is 9.91 Å². The van der Waals surface area contributed by atoms with Crippen molar-refractivity contribution in [2.45, 2.75) is 105 Å². The lowest BCUT2D eigenvalue weighted by Gasteiger charge is -2.36. The van der Waals surface area contributed by atoms with Gasteiger partial charge in [-0.25, -0.2) is 15.4 Å². The molecule has 364 valence electrons. The molecule has 2 N–H and O–H groups in total. The van der Waals surface area contributed by atoms with Gasteiger partial charge in [0, 0.05) is 74.4 Å². The van der Waals surface area contributed by atoms with Crippen LogP contribution in [0.4, 0.5) is 0 Å². The Morgan fingerprint density at radius 1 is 1.04 bits per heavy atom. The quantitative estimate of drug-likeness (QED) is 0.0849. The first kappa shape index (κ1) is 50.2. The number of ether oxygens (including phenoxy) is 3. The molecule has 2 aliphatic heterocycles. The number of pyridine rings is 1. The molecular weight excluding hydrogens is 873 g/mol. The molecule has 0 saturated carbocycles. The molecule has 1 saturated heterocycles. The minimum absolute atomic E-state index is 0.0374. The van der Waals surface area contributed by atoms with Gasteiger partial charge in [-0.2, -0.15) is 0 Å². The highest BCUT2D eigenvalue weighted by atomic mass is 16.5. The number of nitrogens with zero attached hydrogens (tertiary/aromatic N) is 6. The summed E-state index contributed by atoms with van der Waals surface area (Å²) in [5.41, 5.74) is 11.7. The number of rotatable bonds is 14. The monoisotopic (exact) mass is 939 g/mol. The number of aryl methyl sites for hydroxylation is 1. The summed E-state index contributed by atoms with van der Waals surface area (Å²) in [7, 11) is 4.90. The first-order chi connectivity index (χ1) is 33.2. The van der Waals surface area contributed by atoms with Crippen LogP contribution in [0.5, 0.6) is 5.75 Å². The van der Waals surface area contributed by atoms with E-state index in [0.29, 0.717) is 45.5 Å². The number of benzene rings is 3. The number of carbonyl (C=O) groups is 4. The number of methoxy groups -OCH3 is 2. The Morgan fingerprint density at radius 3 is 2.57 bits per heavy atom. The van der Waals surface area contributed by atoms with Crippen molar-refractivity contribution in [3.63, 3.8) is 0 Å². The summed E-state index contributed by atoms with van der Waals surface area (Å²) < 4.78 is 19.3. The number of likely N-dealkylation sites (N-methyl/N-ethyl adjacent to an activating group) is 1. The summed E-state index contributed by atoms with van der Waals surface area (Å²) in [6.45, 7) is 12.2. The smallest absolute Gasteiger partial charge is 0.324 e. The summed E-state index contributed by atoms with van der Waals surface area (Å²) in [5, 5.41) is 5.58. The van der Waals surface area contributed by atoms with Gasteiger partial charge in [0.25, 0.3) is 5.91 Å². The Balaban J connectivity index is 1.19. The van der Waals surface area contributed by atoms with Crippen LogP contribution >= 0.6 is 0 Å². The van der Waals surface area contributed by atoms with Crippen LogP contribution in [-0.2, 0) is 61.2 Å². The second-order valence-corrected chi connectivity index (χ2v) is 19.1. The molecule has 1 fully saturated rings. The maximum Gasteiger partial charge on any atom is 0.324 e. The zero-order valence-electron chi connectivity index (χ0n) is 41.2. The van der Waals surface area contributed by atoms with E-state index >= 15 is 0 Å². The Bertz CT molecular complexity index is 2700. The largest absolute Gasteiger partial charge is 0.497 e. The Kier molecular flexibility index (Phi) is 16.5. The zero-order chi connectivity index (χ0) is 49.2. The van der Waals surface area contributed by atoms with E-state index in [0.717, 1.165) is 61.3 Å². The van der Waals surface area contributed by atoms with Gasteiger partial charge in [0.05, 0.1) is 45.1 Å². The molecule has 4 heterocycles. The van der Waals surface area contributed by atoms with Crippen LogP contribution in [0.3, 0.4) is 0 Å². The van der Waals surface area contributed by atoms with Gasteiger partial charge in [-0.3, -0.25) is 29.2 Å². The van der Waals surface area contributed by atoms with Crippen molar-refractivity contribution in [2.24, 2.45) is 21.3 Å². The van der Waals surface area contributed by atoms with Crippen LogP contribution in [-0.4, -0.2) is 108 Å². The average Bonchev–Trinajstić information content (AvgIpc) is 3.65. The van der Waals surface area contributed by atoms with E-state index < -0.39 is 41.3 Å². The van der Waals surface area contributed by atoms with Crippen molar-refractivity contribution < 1.29 is 33.4 Å². The Hall–Kier alpha value is -6.67. The standard InChI is InChI=1S/C54H66N8O7/c1-9-61-47-20-17-39-28-42(47)43(50(61)44-31-55-23-21-40(44)32-67-7)29-54(4,5)33-69-53(66)45-14-11-25-62(59-45)52(65)46(27-37-12-10-13-38(39)26-37)58-51(64)49(35(2)3)60(6)48(63)22-24-56-34-57-30-36-15-18-41(68-8)19-16-36/h10,12-13,15-21,23,26,28,31,35,45-46,49,59H,9,11,14,22,24-25,27,29-30,32-33H2,1-8H3,(H,58,64)/t45-,46-,49?/m0/s1. The van der Waals surface area contributed by atoms with E-state index in [-0.39, 0.29) is 37.8 Å². The van der Waals surface area contributed by atoms with Crippen molar-refractivity contribution >= 4 is 40.6 Å². The lowest BCUT2D eigenvalue weighted by molar-refractivity contribution is -0.155. The number of carbonyl (C=O) groups excluding carboxylic acids is 4. The van der Waals surface area contributed by atoms with Crippen LogP contribution in [0.1, 0.15) is 76.1 Å². The summed E-state index contributed by atoms with van der Waals surface area (Å²) >= 11 is 0. The number of hydrogen-bond donors (Lipinski definition) is 2. The Labute approximate surface area is 405 Å². The van der Waals surface area contributed by atoms with Gasteiger partial charge in [0.15, 0.2) is 0 Å². The summed E-state index contributed by atoms with van der Waals surface area (Å²) in [6.07, 6.45) is 5.51. The van der Waals surface area contributed by atoms with Crippen LogP contribution in [0.25, 0.3) is 33.3 Å².